The molecule has 0 saturated carbocycles. The first-order valence-corrected chi connectivity index (χ1v) is 6.23. The van der Waals surface area contributed by atoms with E-state index in [1.807, 2.05) is 13.1 Å². The quantitative estimate of drug-likeness (QED) is 0.919. The van der Waals surface area contributed by atoms with Gasteiger partial charge in [-0.1, -0.05) is 17.8 Å². The normalized spacial score (nSPS) is 10.6. The Bertz CT molecular complexity index is 529. The molecule has 0 fully saturated rings. The second-order valence-electron chi connectivity index (χ2n) is 3.71. The van der Waals surface area contributed by atoms with Gasteiger partial charge in [0.25, 0.3) is 0 Å². The fourth-order valence-electron chi connectivity index (χ4n) is 1.45. The largest absolute Gasteiger partial charge is 0.316 e. The van der Waals surface area contributed by atoms with Crippen LogP contribution in [0.4, 0.5) is 8.78 Å². The molecule has 1 aromatic heterocycles. The molecule has 0 bridgehead atoms. The van der Waals surface area contributed by atoms with Crippen molar-refractivity contribution >= 4 is 11.8 Å². The van der Waals surface area contributed by atoms with Gasteiger partial charge in [0.05, 0.1) is 4.90 Å². The van der Waals surface area contributed by atoms with E-state index in [4.69, 9.17) is 0 Å². The zero-order chi connectivity index (χ0) is 13.0. The molecule has 0 amide bonds. The number of halogens is 2. The summed E-state index contributed by atoms with van der Waals surface area (Å²) in [7, 11) is 1.85. The molecule has 94 valence electrons. The van der Waals surface area contributed by atoms with E-state index in [-0.39, 0.29) is 4.90 Å². The second kappa shape index (κ2) is 5.93. The second-order valence-corrected chi connectivity index (χ2v) is 4.77. The third-order valence-corrected chi connectivity index (χ3v) is 3.27. The minimum Gasteiger partial charge on any atom is -0.316 e. The summed E-state index contributed by atoms with van der Waals surface area (Å²) in [6, 6.07) is 7.09. The Labute approximate surface area is 108 Å². The van der Waals surface area contributed by atoms with E-state index < -0.39 is 11.6 Å². The van der Waals surface area contributed by atoms with Gasteiger partial charge < -0.3 is 5.32 Å². The van der Waals surface area contributed by atoms with Crippen LogP contribution in [0.5, 0.6) is 0 Å². The molecule has 0 aliphatic heterocycles. The lowest BCUT2D eigenvalue weighted by atomic mass is 10.3. The summed E-state index contributed by atoms with van der Waals surface area (Å²) in [6.07, 6.45) is 1.72. The van der Waals surface area contributed by atoms with E-state index in [0.717, 1.165) is 36.0 Å². The van der Waals surface area contributed by atoms with Crippen LogP contribution in [0.25, 0.3) is 0 Å². The third-order valence-electron chi connectivity index (χ3n) is 2.29. The Kier molecular flexibility index (Phi) is 4.28. The average Bonchev–Trinajstić information content (AvgIpc) is 2.37. The van der Waals surface area contributed by atoms with E-state index in [2.05, 4.69) is 10.3 Å². The van der Waals surface area contributed by atoms with Gasteiger partial charge in [0, 0.05) is 12.7 Å². The molecule has 18 heavy (non-hydrogen) atoms. The highest BCUT2D eigenvalue weighted by atomic mass is 32.2. The topological polar surface area (TPSA) is 24.9 Å². The Morgan fingerprint density at radius 2 is 2.06 bits per heavy atom. The number of benzene rings is 1. The molecule has 2 aromatic rings. The standard InChI is InChI=1S/C13H12F2N2S/c1-16-7-9-2-5-13(17-8-9)18-12-6-10(14)3-4-11(12)15/h2-6,8,16H,7H2,1H3. The zero-order valence-corrected chi connectivity index (χ0v) is 10.6. The summed E-state index contributed by atoms with van der Waals surface area (Å²) in [5.41, 5.74) is 1.04. The summed E-state index contributed by atoms with van der Waals surface area (Å²) >= 11 is 1.11. The van der Waals surface area contributed by atoms with Crippen LogP contribution < -0.4 is 5.32 Å². The molecule has 5 heteroatoms. The molecule has 0 unspecified atom stereocenters. The van der Waals surface area contributed by atoms with Crippen molar-refractivity contribution in [2.45, 2.75) is 16.5 Å². The smallest absolute Gasteiger partial charge is 0.137 e. The number of nitrogens with one attached hydrogen (secondary N) is 1. The van der Waals surface area contributed by atoms with Crippen molar-refractivity contribution in [1.29, 1.82) is 0 Å². The van der Waals surface area contributed by atoms with Crippen molar-refractivity contribution in [2.24, 2.45) is 0 Å². The summed E-state index contributed by atoms with van der Waals surface area (Å²) in [5, 5.41) is 3.65. The maximum absolute atomic E-state index is 13.4. The van der Waals surface area contributed by atoms with E-state index >= 15 is 0 Å². The van der Waals surface area contributed by atoms with Crippen molar-refractivity contribution in [3.63, 3.8) is 0 Å². The van der Waals surface area contributed by atoms with Crippen molar-refractivity contribution in [3.05, 3.63) is 53.7 Å². The molecule has 2 nitrogen and oxygen atoms in total. The lowest BCUT2D eigenvalue weighted by molar-refractivity contribution is 0.577. The molecule has 0 radical (unpaired) electrons. The molecule has 0 aliphatic carbocycles. The van der Waals surface area contributed by atoms with Gasteiger partial charge in [-0.05, 0) is 36.9 Å². The van der Waals surface area contributed by atoms with E-state index in [0.29, 0.717) is 5.03 Å². The van der Waals surface area contributed by atoms with Gasteiger partial charge in [-0.3, -0.25) is 0 Å². The molecule has 0 aliphatic rings. The Morgan fingerprint density at radius 3 is 2.72 bits per heavy atom. The monoisotopic (exact) mass is 266 g/mol. The van der Waals surface area contributed by atoms with Gasteiger partial charge in [-0.2, -0.15) is 0 Å². The molecular weight excluding hydrogens is 254 g/mol. The Balaban J connectivity index is 2.15. The predicted molar refractivity (Wildman–Crippen MR) is 67.5 cm³/mol. The summed E-state index contributed by atoms with van der Waals surface area (Å²) < 4.78 is 26.4. The number of rotatable bonds is 4. The first-order valence-electron chi connectivity index (χ1n) is 5.41. The average molecular weight is 266 g/mol. The molecule has 1 heterocycles. The molecule has 2 rings (SSSR count). The van der Waals surface area contributed by atoms with Crippen molar-refractivity contribution in [2.75, 3.05) is 7.05 Å². The van der Waals surface area contributed by atoms with Crippen molar-refractivity contribution < 1.29 is 8.78 Å². The van der Waals surface area contributed by atoms with Crippen LogP contribution >= 0.6 is 11.8 Å². The predicted octanol–water partition coefficient (Wildman–Crippen LogP) is 3.23. The van der Waals surface area contributed by atoms with E-state index in [9.17, 15) is 8.78 Å². The van der Waals surface area contributed by atoms with Gasteiger partial charge in [0.2, 0.25) is 0 Å². The van der Waals surface area contributed by atoms with Gasteiger partial charge in [0.1, 0.15) is 16.7 Å². The molecule has 0 atom stereocenters. The fourth-order valence-corrected chi connectivity index (χ4v) is 2.25. The van der Waals surface area contributed by atoms with E-state index in [1.165, 1.54) is 6.07 Å². The Morgan fingerprint density at radius 1 is 1.22 bits per heavy atom. The minimum absolute atomic E-state index is 0.240. The number of hydrogen-bond donors (Lipinski definition) is 1. The number of hydrogen-bond acceptors (Lipinski definition) is 3. The highest BCUT2D eigenvalue weighted by Crippen LogP contribution is 2.28. The van der Waals surface area contributed by atoms with Crippen molar-refractivity contribution in [3.8, 4) is 0 Å². The van der Waals surface area contributed by atoms with Crippen LogP contribution in [0.15, 0.2) is 46.5 Å². The molecule has 0 saturated heterocycles. The molecule has 1 N–H and O–H groups in total. The molecular formula is C13H12F2N2S. The lowest BCUT2D eigenvalue weighted by Gasteiger charge is -2.04. The molecule has 1 aromatic carbocycles. The van der Waals surface area contributed by atoms with Gasteiger partial charge in [-0.25, -0.2) is 13.8 Å². The summed E-state index contributed by atoms with van der Waals surface area (Å²) in [5.74, 6) is -0.895. The van der Waals surface area contributed by atoms with Gasteiger partial charge >= 0.3 is 0 Å². The number of nitrogens with zero attached hydrogens (tertiary/aromatic N) is 1. The van der Waals surface area contributed by atoms with Crippen LogP contribution in [0, 0.1) is 11.6 Å². The van der Waals surface area contributed by atoms with Crippen LogP contribution in [0.1, 0.15) is 5.56 Å². The first kappa shape index (κ1) is 13.0. The van der Waals surface area contributed by atoms with Crippen molar-refractivity contribution in [1.82, 2.24) is 10.3 Å². The van der Waals surface area contributed by atoms with Crippen LogP contribution in [0.2, 0.25) is 0 Å². The minimum atomic E-state index is -0.453. The highest BCUT2D eigenvalue weighted by Gasteiger charge is 2.06. The van der Waals surface area contributed by atoms with Crippen LogP contribution in [-0.4, -0.2) is 12.0 Å². The SMILES string of the molecule is CNCc1ccc(Sc2cc(F)ccc2F)nc1. The number of pyridine rings is 1. The maximum atomic E-state index is 13.4. The Hall–Kier alpha value is -1.46. The maximum Gasteiger partial charge on any atom is 0.137 e. The first-order chi connectivity index (χ1) is 8.69. The van der Waals surface area contributed by atoms with Gasteiger partial charge in [0.15, 0.2) is 0 Å². The van der Waals surface area contributed by atoms with Gasteiger partial charge in [-0.15, -0.1) is 0 Å². The summed E-state index contributed by atoms with van der Waals surface area (Å²) in [4.78, 5) is 4.44. The fraction of sp³-hybridized carbons (Fsp3) is 0.154. The zero-order valence-electron chi connectivity index (χ0n) is 9.78. The third kappa shape index (κ3) is 3.27. The molecule has 0 spiro atoms. The highest BCUT2D eigenvalue weighted by molar-refractivity contribution is 7.99. The summed E-state index contributed by atoms with van der Waals surface area (Å²) in [6.45, 7) is 0.728. The number of aromatic nitrogens is 1. The lowest BCUT2D eigenvalue weighted by Crippen LogP contribution is -2.05. The van der Waals surface area contributed by atoms with E-state index in [1.54, 1.807) is 12.3 Å². The van der Waals surface area contributed by atoms with Crippen LogP contribution in [0.3, 0.4) is 0 Å². The van der Waals surface area contributed by atoms with Crippen LogP contribution in [-0.2, 0) is 6.54 Å².